The smallest absolute Gasteiger partial charge is 0.408 e. The molecule has 0 radical (unpaired) electrons. The van der Waals surface area contributed by atoms with Gasteiger partial charge in [-0.3, -0.25) is 14.3 Å². The van der Waals surface area contributed by atoms with E-state index in [-0.39, 0.29) is 5.56 Å². The largest absolute Gasteiger partial charge is 0.491 e. The van der Waals surface area contributed by atoms with Crippen LogP contribution in [0.2, 0.25) is 0 Å². The molecule has 0 unspecified atom stereocenters. The lowest BCUT2D eigenvalue weighted by Gasteiger charge is -2.26. The van der Waals surface area contributed by atoms with Gasteiger partial charge in [-0.05, 0) is 77.9 Å². The van der Waals surface area contributed by atoms with Crippen molar-refractivity contribution < 1.29 is 14.3 Å². The van der Waals surface area contributed by atoms with Crippen LogP contribution in [-0.4, -0.2) is 52.4 Å². The molecule has 1 aromatic heterocycles. The summed E-state index contributed by atoms with van der Waals surface area (Å²) in [6.07, 6.45) is 3.16. The van der Waals surface area contributed by atoms with Gasteiger partial charge in [0.1, 0.15) is 29.2 Å². The minimum atomic E-state index is -0.639. The van der Waals surface area contributed by atoms with E-state index in [0.717, 1.165) is 19.6 Å². The summed E-state index contributed by atoms with van der Waals surface area (Å²) in [6.45, 7) is 10.7. The number of carbonyl (C=O) groups excluding carboxylic acids is 1. The Hall–Kier alpha value is -3.39. The lowest BCUT2D eigenvalue weighted by atomic mass is 10.1. The van der Waals surface area contributed by atoms with Gasteiger partial charge in [0.2, 0.25) is 0 Å². The van der Waals surface area contributed by atoms with Crippen molar-refractivity contribution in [2.24, 2.45) is 0 Å². The lowest BCUT2D eigenvalue weighted by molar-refractivity contribution is 0.0505. The molecule has 1 aliphatic rings. The van der Waals surface area contributed by atoms with E-state index >= 15 is 0 Å². The van der Waals surface area contributed by atoms with E-state index in [2.05, 4.69) is 10.2 Å². The summed E-state index contributed by atoms with van der Waals surface area (Å²) in [4.78, 5) is 33.6. The number of hydrogen-bond donors (Lipinski definition) is 1. The third-order valence-electron chi connectivity index (χ3n) is 6.13. The van der Waals surface area contributed by atoms with E-state index in [1.807, 2.05) is 42.5 Å². The molecule has 1 amide bonds. The Labute approximate surface area is 212 Å². The van der Waals surface area contributed by atoms with Crippen molar-refractivity contribution in [3.05, 3.63) is 64.7 Å². The number of alkyl carbamates (subject to hydrolysis) is 1. The molecule has 1 fully saturated rings. The van der Waals surface area contributed by atoms with Gasteiger partial charge >= 0.3 is 6.09 Å². The van der Waals surface area contributed by atoms with Crippen LogP contribution in [0.5, 0.6) is 5.75 Å². The number of fused-ring (bicyclic) bond motifs is 1. The highest BCUT2D eigenvalue weighted by Gasteiger charge is 2.24. The molecule has 0 saturated carbocycles. The third-order valence-corrected chi connectivity index (χ3v) is 6.13. The topological polar surface area (TPSA) is 85.7 Å². The molecule has 0 bridgehead atoms. The fourth-order valence-corrected chi connectivity index (χ4v) is 4.47. The second-order valence-electron chi connectivity index (χ2n) is 10.2. The zero-order chi connectivity index (χ0) is 25.7. The number of benzene rings is 2. The maximum absolute atomic E-state index is 13.9. The number of nitrogens with zero attached hydrogens (tertiary/aromatic N) is 3. The first-order valence-corrected chi connectivity index (χ1v) is 12.7. The second kappa shape index (κ2) is 11.1. The van der Waals surface area contributed by atoms with Gasteiger partial charge in [0.25, 0.3) is 5.56 Å². The van der Waals surface area contributed by atoms with Crippen molar-refractivity contribution in [2.45, 2.75) is 58.6 Å². The van der Waals surface area contributed by atoms with Crippen molar-refractivity contribution in [3.63, 3.8) is 0 Å². The van der Waals surface area contributed by atoms with Crippen molar-refractivity contribution in [3.8, 4) is 11.4 Å². The number of amides is 1. The van der Waals surface area contributed by atoms with Crippen LogP contribution in [0.4, 0.5) is 4.79 Å². The molecule has 2 aromatic carbocycles. The summed E-state index contributed by atoms with van der Waals surface area (Å²) < 4.78 is 13.1. The Morgan fingerprint density at radius 1 is 1.06 bits per heavy atom. The van der Waals surface area contributed by atoms with Crippen LogP contribution in [-0.2, 0) is 4.74 Å². The molecule has 0 spiro atoms. The maximum Gasteiger partial charge on any atom is 0.408 e. The fraction of sp³-hybridized carbons (Fsp3) is 0.464. The molecule has 8 heteroatoms. The molecule has 8 nitrogen and oxygen atoms in total. The summed E-state index contributed by atoms with van der Waals surface area (Å²) in [5.74, 6) is 0.932. The van der Waals surface area contributed by atoms with Crippen LogP contribution in [0, 0.1) is 0 Å². The number of rotatable bonds is 7. The predicted octanol–water partition coefficient (Wildman–Crippen LogP) is 4.84. The van der Waals surface area contributed by atoms with Crippen LogP contribution in [0.1, 0.15) is 58.8 Å². The van der Waals surface area contributed by atoms with E-state index in [9.17, 15) is 9.59 Å². The van der Waals surface area contributed by atoms with Crippen molar-refractivity contribution in [1.82, 2.24) is 19.8 Å². The highest BCUT2D eigenvalue weighted by molar-refractivity contribution is 5.84. The number of nitrogens with one attached hydrogen (secondary N) is 1. The number of aromatic nitrogens is 2. The molecule has 0 aliphatic carbocycles. The number of carbonyl (C=O) groups is 1. The molecule has 2 heterocycles. The number of hydrogen-bond acceptors (Lipinski definition) is 6. The molecule has 36 heavy (non-hydrogen) atoms. The summed E-state index contributed by atoms with van der Waals surface area (Å²) in [5.41, 5.74) is 0.302. The predicted molar refractivity (Wildman–Crippen MR) is 141 cm³/mol. The minimum Gasteiger partial charge on any atom is -0.491 e. The highest BCUT2D eigenvalue weighted by atomic mass is 16.6. The number of para-hydroxylation sites is 1. The van der Waals surface area contributed by atoms with E-state index < -0.39 is 17.7 Å². The van der Waals surface area contributed by atoms with Crippen LogP contribution in [0.15, 0.2) is 53.3 Å². The van der Waals surface area contributed by atoms with Gasteiger partial charge in [0.15, 0.2) is 0 Å². The van der Waals surface area contributed by atoms with Gasteiger partial charge in [-0.2, -0.15) is 0 Å². The zero-order valence-electron chi connectivity index (χ0n) is 21.6. The average molecular weight is 493 g/mol. The number of likely N-dealkylation sites (tertiary alicyclic amines) is 1. The molecule has 3 aromatic rings. The Bertz CT molecular complexity index is 1240. The second-order valence-corrected chi connectivity index (χ2v) is 10.2. The minimum absolute atomic E-state index is 0.243. The normalized spacial score (nSPS) is 15.4. The van der Waals surface area contributed by atoms with Gasteiger partial charge in [-0.1, -0.05) is 30.7 Å². The average Bonchev–Trinajstić information content (AvgIpc) is 2.84. The molecule has 1 aliphatic heterocycles. The number of ether oxygens (including phenoxy) is 2. The van der Waals surface area contributed by atoms with Gasteiger partial charge in [0.05, 0.1) is 17.2 Å². The maximum atomic E-state index is 13.9. The lowest BCUT2D eigenvalue weighted by Crippen LogP contribution is -2.37. The molecule has 1 N–H and O–H groups in total. The fourth-order valence-electron chi connectivity index (χ4n) is 4.47. The van der Waals surface area contributed by atoms with Crippen LogP contribution in [0.25, 0.3) is 16.6 Å². The SMILES string of the molecule is C[C@H](NC(=O)OC(C)(C)C)c1nc2cccc(OCCN3CCCCC3)c2c(=O)n1-c1ccccc1. The van der Waals surface area contributed by atoms with Gasteiger partial charge < -0.3 is 14.8 Å². The monoisotopic (exact) mass is 492 g/mol. The Balaban J connectivity index is 1.70. The van der Waals surface area contributed by atoms with Crippen molar-refractivity contribution in [1.29, 1.82) is 0 Å². The van der Waals surface area contributed by atoms with Crippen LogP contribution in [0.3, 0.4) is 0 Å². The van der Waals surface area contributed by atoms with Gasteiger partial charge in [0, 0.05) is 6.54 Å². The van der Waals surface area contributed by atoms with Gasteiger partial charge in [-0.15, -0.1) is 0 Å². The van der Waals surface area contributed by atoms with Crippen molar-refractivity contribution in [2.75, 3.05) is 26.2 Å². The van der Waals surface area contributed by atoms with Gasteiger partial charge in [-0.25, -0.2) is 9.78 Å². The quantitative estimate of drug-likeness (QED) is 0.508. The Morgan fingerprint density at radius 2 is 1.78 bits per heavy atom. The third kappa shape index (κ3) is 6.23. The van der Waals surface area contributed by atoms with Crippen LogP contribution >= 0.6 is 0 Å². The number of piperidine rings is 1. The molecule has 4 rings (SSSR count). The van der Waals surface area contributed by atoms with Crippen molar-refractivity contribution >= 4 is 17.0 Å². The van der Waals surface area contributed by atoms with Crippen LogP contribution < -0.4 is 15.6 Å². The first-order valence-electron chi connectivity index (χ1n) is 12.7. The Kier molecular flexibility index (Phi) is 7.94. The first-order chi connectivity index (χ1) is 17.2. The molecule has 1 atom stereocenters. The van der Waals surface area contributed by atoms with E-state index in [1.165, 1.54) is 19.3 Å². The first kappa shape index (κ1) is 25.7. The van der Waals surface area contributed by atoms with E-state index in [4.69, 9.17) is 14.5 Å². The molecule has 192 valence electrons. The summed E-state index contributed by atoms with van der Waals surface area (Å²) in [6, 6.07) is 14.2. The van der Waals surface area contributed by atoms with E-state index in [0.29, 0.717) is 34.8 Å². The molecule has 1 saturated heterocycles. The van der Waals surface area contributed by atoms with E-state index in [1.54, 1.807) is 38.3 Å². The molecular formula is C28H36N4O4. The Morgan fingerprint density at radius 3 is 2.47 bits per heavy atom. The standard InChI is InChI=1S/C28H36N4O4/c1-20(29-27(34)36-28(2,3)4)25-30-22-14-11-15-23(35-19-18-31-16-9-6-10-17-31)24(22)26(33)32(25)21-12-7-5-8-13-21/h5,7-8,11-15,20H,6,9-10,16-19H2,1-4H3,(H,29,34)/t20-/m0/s1. The highest BCUT2D eigenvalue weighted by Crippen LogP contribution is 2.25. The summed E-state index contributed by atoms with van der Waals surface area (Å²) in [7, 11) is 0. The molecular weight excluding hydrogens is 456 g/mol. The zero-order valence-corrected chi connectivity index (χ0v) is 21.6. The summed E-state index contributed by atoms with van der Waals surface area (Å²) >= 11 is 0. The summed E-state index contributed by atoms with van der Waals surface area (Å²) in [5, 5.41) is 3.24.